The molecule has 0 fully saturated rings. The number of anilines is 1. The number of rotatable bonds is 5. The predicted octanol–water partition coefficient (Wildman–Crippen LogP) is 2.37. The molecule has 7 heteroatoms. The minimum absolute atomic E-state index is 0.0316. The molecule has 1 heterocycles. The van der Waals surface area contributed by atoms with E-state index in [1.165, 1.54) is 6.20 Å². The van der Waals surface area contributed by atoms with Gasteiger partial charge in [-0.1, -0.05) is 30.3 Å². The monoisotopic (exact) mass is 279 g/mol. The fourth-order valence-electron chi connectivity index (χ4n) is 1.65. The molecule has 0 spiro atoms. The van der Waals surface area contributed by atoms with Gasteiger partial charge in [0, 0.05) is 0 Å². The largest absolute Gasteiger partial charge is 0.394 e. The Bertz CT molecular complexity index is 573. The lowest BCUT2D eigenvalue weighted by molar-refractivity contribution is -0.380. The highest BCUT2D eigenvalue weighted by atomic mass is 32.1. The van der Waals surface area contributed by atoms with E-state index in [1.54, 1.807) is 0 Å². The van der Waals surface area contributed by atoms with Crippen LogP contribution < -0.4 is 5.32 Å². The third-order valence-corrected chi connectivity index (χ3v) is 3.65. The van der Waals surface area contributed by atoms with Gasteiger partial charge in [0.05, 0.1) is 17.1 Å². The van der Waals surface area contributed by atoms with Gasteiger partial charge in [-0.05, 0) is 23.8 Å². The Labute approximate surface area is 113 Å². The zero-order chi connectivity index (χ0) is 13.9. The lowest BCUT2D eigenvalue weighted by atomic mass is 9.93. The average Bonchev–Trinajstić information content (AvgIpc) is 2.88. The minimum Gasteiger partial charge on any atom is -0.394 e. The van der Waals surface area contributed by atoms with Crippen molar-refractivity contribution in [3.05, 3.63) is 52.2 Å². The van der Waals surface area contributed by atoms with Crippen molar-refractivity contribution in [3.63, 3.8) is 0 Å². The van der Waals surface area contributed by atoms with Crippen LogP contribution in [0.4, 0.5) is 10.1 Å². The van der Waals surface area contributed by atoms with Crippen LogP contribution in [0.1, 0.15) is 12.5 Å². The maximum Gasteiger partial charge on any atom is 0.345 e. The van der Waals surface area contributed by atoms with Crippen molar-refractivity contribution in [2.75, 3.05) is 11.9 Å². The van der Waals surface area contributed by atoms with E-state index in [4.69, 9.17) is 0 Å². The summed E-state index contributed by atoms with van der Waals surface area (Å²) in [6, 6.07) is 9.39. The van der Waals surface area contributed by atoms with Crippen molar-refractivity contribution in [1.29, 1.82) is 0 Å². The van der Waals surface area contributed by atoms with Gasteiger partial charge in [0.25, 0.3) is 0 Å². The van der Waals surface area contributed by atoms with E-state index in [-0.39, 0.29) is 11.6 Å². The summed E-state index contributed by atoms with van der Waals surface area (Å²) in [6.45, 7) is 1.67. The predicted molar refractivity (Wildman–Crippen MR) is 73.3 cm³/mol. The van der Waals surface area contributed by atoms with Crippen LogP contribution in [0.5, 0.6) is 0 Å². The fraction of sp³-hybridized carbons (Fsp3) is 0.250. The normalized spacial score (nSPS) is 13.8. The molecule has 1 aromatic carbocycles. The van der Waals surface area contributed by atoms with Gasteiger partial charge < -0.3 is 10.4 Å². The third-order valence-electron chi connectivity index (χ3n) is 2.78. The van der Waals surface area contributed by atoms with Crippen LogP contribution in [0.15, 0.2) is 36.5 Å². The Balaban J connectivity index is 2.25. The summed E-state index contributed by atoms with van der Waals surface area (Å²) >= 11 is 0.945. The second kappa shape index (κ2) is 5.33. The van der Waals surface area contributed by atoms with Gasteiger partial charge in [-0.25, -0.2) is 4.98 Å². The van der Waals surface area contributed by atoms with E-state index in [0.717, 1.165) is 16.9 Å². The van der Waals surface area contributed by atoms with Gasteiger partial charge >= 0.3 is 5.00 Å². The van der Waals surface area contributed by atoms with Crippen molar-refractivity contribution in [1.82, 2.24) is 4.98 Å². The molecule has 2 aromatic rings. The summed E-state index contributed by atoms with van der Waals surface area (Å²) in [7, 11) is 0. The van der Waals surface area contributed by atoms with Gasteiger partial charge in [-0.3, -0.25) is 10.1 Å². The molecule has 1 atom stereocenters. The molecule has 0 aliphatic rings. The lowest BCUT2D eigenvalue weighted by Crippen LogP contribution is -2.35. The third kappa shape index (κ3) is 2.88. The molecule has 2 N–H and O–H groups in total. The molecule has 0 radical (unpaired) electrons. The van der Waals surface area contributed by atoms with Crippen molar-refractivity contribution >= 4 is 21.5 Å². The molecule has 19 heavy (non-hydrogen) atoms. The summed E-state index contributed by atoms with van der Waals surface area (Å²) in [4.78, 5) is 14.1. The standard InChI is InChI=1S/C12H13N3O3S/c1-12(8-16,9-5-3-2-4-6-9)14-11-13-7-10(19-11)15(17)18/h2-7,16H,8H2,1H3,(H,13,14). The number of benzene rings is 1. The van der Waals surface area contributed by atoms with Gasteiger partial charge in [-0.15, -0.1) is 0 Å². The number of thiazole rings is 1. The van der Waals surface area contributed by atoms with Gasteiger partial charge in [0.2, 0.25) is 0 Å². The van der Waals surface area contributed by atoms with Crippen molar-refractivity contribution in [3.8, 4) is 0 Å². The van der Waals surface area contributed by atoms with Crippen LogP contribution in [0, 0.1) is 10.1 Å². The minimum atomic E-state index is -0.729. The molecular weight excluding hydrogens is 266 g/mol. The molecule has 0 amide bonds. The van der Waals surface area contributed by atoms with Crippen LogP contribution >= 0.6 is 11.3 Å². The Morgan fingerprint density at radius 3 is 2.68 bits per heavy atom. The van der Waals surface area contributed by atoms with Crippen LogP contribution in [-0.2, 0) is 5.54 Å². The van der Waals surface area contributed by atoms with Crippen LogP contribution in [0.2, 0.25) is 0 Å². The molecule has 0 aliphatic carbocycles. The quantitative estimate of drug-likeness (QED) is 0.648. The van der Waals surface area contributed by atoms with E-state index in [9.17, 15) is 15.2 Å². The summed E-state index contributed by atoms with van der Waals surface area (Å²) in [5, 5.41) is 23.6. The van der Waals surface area contributed by atoms with E-state index in [2.05, 4.69) is 10.3 Å². The van der Waals surface area contributed by atoms with E-state index >= 15 is 0 Å². The Morgan fingerprint density at radius 2 is 2.16 bits per heavy atom. The van der Waals surface area contributed by atoms with E-state index < -0.39 is 10.5 Å². The number of hydrogen-bond donors (Lipinski definition) is 2. The Morgan fingerprint density at radius 1 is 1.47 bits per heavy atom. The zero-order valence-electron chi connectivity index (χ0n) is 10.2. The molecule has 6 nitrogen and oxygen atoms in total. The van der Waals surface area contributed by atoms with E-state index in [0.29, 0.717) is 5.13 Å². The molecule has 1 unspecified atom stereocenters. The molecule has 2 rings (SSSR count). The number of nitro groups is 1. The first-order valence-electron chi connectivity index (χ1n) is 5.60. The van der Waals surface area contributed by atoms with Crippen molar-refractivity contribution in [2.24, 2.45) is 0 Å². The van der Waals surface area contributed by atoms with Crippen LogP contribution in [0.3, 0.4) is 0 Å². The molecule has 0 aliphatic heterocycles. The highest BCUT2D eigenvalue weighted by Gasteiger charge is 2.27. The zero-order valence-corrected chi connectivity index (χ0v) is 11.1. The Hall–Kier alpha value is -1.99. The number of aliphatic hydroxyl groups excluding tert-OH is 1. The molecule has 0 saturated carbocycles. The van der Waals surface area contributed by atoms with Crippen LogP contribution in [0.25, 0.3) is 0 Å². The summed E-state index contributed by atoms with van der Waals surface area (Å²) in [5.74, 6) is 0. The summed E-state index contributed by atoms with van der Waals surface area (Å²) in [6.07, 6.45) is 1.20. The maximum atomic E-state index is 10.6. The first kappa shape index (κ1) is 13.4. The first-order chi connectivity index (χ1) is 9.05. The van der Waals surface area contributed by atoms with Gasteiger partial charge in [0.15, 0.2) is 5.13 Å². The number of nitrogens with zero attached hydrogens (tertiary/aromatic N) is 2. The number of hydrogen-bond acceptors (Lipinski definition) is 6. The SMILES string of the molecule is CC(CO)(Nc1ncc([N+](=O)[O-])s1)c1ccccc1. The molecule has 100 valence electrons. The second-order valence-corrected chi connectivity index (χ2v) is 5.25. The molecular formula is C12H13N3O3S. The number of nitrogens with one attached hydrogen (secondary N) is 1. The topological polar surface area (TPSA) is 88.3 Å². The van der Waals surface area contributed by atoms with E-state index in [1.807, 2.05) is 37.3 Å². The smallest absolute Gasteiger partial charge is 0.345 e. The van der Waals surface area contributed by atoms with Gasteiger partial charge in [-0.2, -0.15) is 0 Å². The highest BCUT2D eigenvalue weighted by Crippen LogP contribution is 2.31. The Kier molecular flexibility index (Phi) is 3.77. The van der Waals surface area contributed by atoms with Crippen molar-refractivity contribution in [2.45, 2.75) is 12.5 Å². The maximum absolute atomic E-state index is 10.6. The van der Waals surface area contributed by atoms with Crippen LogP contribution in [-0.4, -0.2) is 21.6 Å². The lowest BCUT2D eigenvalue weighted by Gasteiger charge is -2.28. The first-order valence-corrected chi connectivity index (χ1v) is 6.41. The molecule has 1 aromatic heterocycles. The summed E-state index contributed by atoms with van der Waals surface area (Å²) in [5.41, 5.74) is 0.155. The highest BCUT2D eigenvalue weighted by molar-refractivity contribution is 7.18. The number of aromatic nitrogens is 1. The fourth-order valence-corrected chi connectivity index (χ4v) is 2.41. The van der Waals surface area contributed by atoms with Gasteiger partial charge in [0.1, 0.15) is 6.20 Å². The van der Waals surface area contributed by atoms with Crippen molar-refractivity contribution < 1.29 is 10.0 Å². The average molecular weight is 279 g/mol. The molecule has 0 saturated heterocycles. The molecule has 0 bridgehead atoms. The second-order valence-electron chi connectivity index (χ2n) is 4.24. The number of aliphatic hydroxyl groups is 1. The summed E-state index contributed by atoms with van der Waals surface area (Å²) < 4.78 is 0.